The molecule has 2 aliphatic rings. The van der Waals surface area contributed by atoms with E-state index < -0.39 is 21.7 Å². The van der Waals surface area contributed by atoms with Gasteiger partial charge in [0.1, 0.15) is 5.75 Å². The summed E-state index contributed by atoms with van der Waals surface area (Å²) in [5.74, 6) is -1.44. The van der Waals surface area contributed by atoms with Crippen molar-refractivity contribution < 1.29 is 21.9 Å². The number of rotatable bonds is 5. The summed E-state index contributed by atoms with van der Waals surface area (Å²) in [6.07, 6.45) is 4.66. The van der Waals surface area contributed by atoms with E-state index in [9.17, 15) is 17.2 Å². The first kappa shape index (κ1) is 20.1. The smallest absolute Gasteiger partial charge is 0.262 e. The molecule has 4 rings (SSSR count). The summed E-state index contributed by atoms with van der Waals surface area (Å²) in [5, 5.41) is 0. The van der Waals surface area contributed by atoms with Gasteiger partial charge in [0.05, 0.1) is 17.7 Å². The molecule has 2 aromatic rings. The predicted molar refractivity (Wildman–Crippen MR) is 107 cm³/mol. The van der Waals surface area contributed by atoms with Gasteiger partial charge >= 0.3 is 0 Å². The van der Waals surface area contributed by atoms with Gasteiger partial charge in [-0.15, -0.1) is 0 Å². The van der Waals surface area contributed by atoms with E-state index in [1.54, 1.807) is 13.2 Å². The van der Waals surface area contributed by atoms with Crippen molar-refractivity contribution in [1.29, 1.82) is 0 Å². The molecule has 8 heteroatoms. The largest absolute Gasteiger partial charge is 0.496 e. The fraction of sp³-hybridized carbons (Fsp3) is 0.429. The van der Waals surface area contributed by atoms with Crippen molar-refractivity contribution in [2.75, 3.05) is 24.9 Å². The maximum atomic E-state index is 13.5. The number of fused-ring (bicyclic) bond motifs is 1. The van der Waals surface area contributed by atoms with E-state index in [1.165, 1.54) is 25.0 Å². The quantitative estimate of drug-likeness (QED) is 0.798. The van der Waals surface area contributed by atoms with Gasteiger partial charge in [-0.05, 0) is 75.0 Å². The van der Waals surface area contributed by atoms with Gasteiger partial charge in [-0.25, -0.2) is 17.2 Å². The molecule has 0 saturated carbocycles. The number of methoxy groups -OCH3 is 1. The van der Waals surface area contributed by atoms with Crippen LogP contribution in [0.3, 0.4) is 0 Å². The number of anilines is 1. The SMILES string of the molecule is COc1ccc(S(=O)(=O)Nc2ccc(F)c(F)c2)c2c1C[C@@H](N1CCCC1)CC2. The highest BCUT2D eigenvalue weighted by Crippen LogP contribution is 2.37. The van der Waals surface area contributed by atoms with Crippen LogP contribution in [0.2, 0.25) is 0 Å². The molecule has 5 nitrogen and oxygen atoms in total. The van der Waals surface area contributed by atoms with E-state index in [-0.39, 0.29) is 10.6 Å². The van der Waals surface area contributed by atoms with Gasteiger partial charge < -0.3 is 9.64 Å². The molecule has 2 aromatic carbocycles. The highest BCUT2D eigenvalue weighted by atomic mass is 32.2. The van der Waals surface area contributed by atoms with E-state index in [0.29, 0.717) is 18.2 Å². The zero-order valence-electron chi connectivity index (χ0n) is 16.2. The minimum absolute atomic E-state index is 0.0146. The molecular formula is C21H24F2N2O3S. The van der Waals surface area contributed by atoms with Crippen LogP contribution >= 0.6 is 0 Å². The number of sulfonamides is 1. The van der Waals surface area contributed by atoms with Crippen LogP contribution in [0, 0.1) is 11.6 Å². The lowest BCUT2D eigenvalue weighted by Crippen LogP contribution is -2.37. The van der Waals surface area contributed by atoms with Crippen LogP contribution in [-0.4, -0.2) is 39.6 Å². The topological polar surface area (TPSA) is 58.6 Å². The van der Waals surface area contributed by atoms with Crippen LogP contribution in [0.1, 0.15) is 30.4 Å². The van der Waals surface area contributed by atoms with Crippen molar-refractivity contribution in [2.24, 2.45) is 0 Å². The molecule has 1 atom stereocenters. The highest BCUT2D eigenvalue weighted by Gasteiger charge is 2.32. The number of nitrogens with zero attached hydrogens (tertiary/aromatic N) is 1. The lowest BCUT2D eigenvalue weighted by Gasteiger charge is -2.33. The second kappa shape index (κ2) is 7.91. The van der Waals surface area contributed by atoms with E-state index in [2.05, 4.69) is 9.62 Å². The van der Waals surface area contributed by atoms with Crippen LogP contribution in [0.4, 0.5) is 14.5 Å². The highest BCUT2D eigenvalue weighted by molar-refractivity contribution is 7.92. The van der Waals surface area contributed by atoms with Crippen molar-refractivity contribution in [3.63, 3.8) is 0 Å². The molecule has 0 radical (unpaired) electrons. The van der Waals surface area contributed by atoms with Gasteiger partial charge in [0.25, 0.3) is 10.0 Å². The summed E-state index contributed by atoms with van der Waals surface area (Å²) in [7, 11) is -2.37. The van der Waals surface area contributed by atoms with Crippen LogP contribution in [0.15, 0.2) is 35.2 Å². The van der Waals surface area contributed by atoms with E-state index in [0.717, 1.165) is 49.2 Å². The molecule has 0 amide bonds. The lowest BCUT2D eigenvalue weighted by molar-refractivity contribution is 0.219. The standard InChI is InChI=1S/C21H24F2N2O3S/c1-28-20-8-9-21(29(26,27)24-14-4-7-18(22)19(23)12-14)16-6-5-15(13-17(16)20)25-10-2-3-11-25/h4,7-9,12,15,24H,2-3,5-6,10-11,13H2,1H3/t15-/m0/s1. The third-order valence-corrected chi connectivity index (χ3v) is 7.32. The monoisotopic (exact) mass is 422 g/mol. The summed E-state index contributed by atoms with van der Waals surface area (Å²) in [6.45, 7) is 2.16. The van der Waals surface area contributed by atoms with Crippen molar-refractivity contribution >= 4 is 15.7 Å². The molecule has 1 fully saturated rings. The van der Waals surface area contributed by atoms with Gasteiger partial charge in [0.15, 0.2) is 11.6 Å². The molecule has 0 unspecified atom stereocenters. The van der Waals surface area contributed by atoms with Crippen LogP contribution < -0.4 is 9.46 Å². The number of hydrogen-bond acceptors (Lipinski definition) is 4. The molecule has 0 bridgehead atoms. The second-order valence-electron chi connectivity index (χ2n) is 7.60. The van der Waals surface area contributed by atoms with E-state index in [1.807, 2.05) is 0 Å². The maximum Gasteiger partial charge on any atom is 0.262 e. The minimum Gasteiger partial charge on any atom is -0.496 e. The Morgan fingerprint density at radius 2 is 1.83 bits per heavy atom. The molecule has 156 valence electrons. The molecule has 1 heterocycles. The first-order valence-electron chi connectivity index (χ1n) is 9.79. The fourth-order valence-corrected chi connectivity index (χ4v) is 5.77. The third-order valence-electron chi connectivity index (χ3n) is 5.85. The van der Waals surface area contributed by atoms with Crippen LogP contribution in [-0.2, 0) is 22.9 Å². The number of hydrogen-bond donors (Lipinski definition) is 1. The average molecular weight is 422 g/mol. The average Bonchev–Trinajstić information content (AvgIpc) is 3.24. The van der Waals surface area contributed by atoms with E-state index >= 15 is 0 Å². The maximum absolute atomic E-state index is 13.5. The van der Waals surface area contributed by atoms with Gasteiger partial charge in [-0.2, -0.15) is 0 Å². The van der Waals surface area contributed by atoms with Crippen molar-refractivity contribution in [2.45, 2.75) is 43.0 Å². The lowest BCUT2D eigenvalue weighted by atomic mass is 9.87. The molecule has 1 saturated heterocycles. The minimum atomic E-state index is -3.95. The van der Waals surface area contributed by atoms with Crippen molar-refractivity contribution in [3.05, 3.63) is 53.1 Å². The summed E-state index contributed by atoms with van der Waals surface area (Å²) in [6, 6.07) is 6.52. The van der Waals surface area contributed by atoms with Gasteiger partial charge in [-0.1, -0.05) is 0 Å². The summed E-state index contributed by atoms with van der Waals surface area (Å²) in [5.41, 5.74) is 1.65. The Hall–Kier alpha value is -2.19. The number of ether oxygens (including phenoxy) is 1. The van der Waals surface area contributed by atoms with Crippen LogP contribution in [0.25, 0.3) is 0 Å². The zero-order valence-corrected chi connectivity index (χ0v) is 17.1. The molecule has 1 N–H and O–H groups in total. The third kappa shape index (κ3) is 3.96. The number of nitrogens with one attached hydrogen (secondary N) is 1. The Morgan fingerprint density at radius 3 is 2.52 bits per heavy atom. The summed E-state index contributed by atoms with van der Waals surface area (Å²) in [4.78, 5) is 2.64. The number of benzene rings is 2. The van der Waals surface area contributed by atoms with Crippen molar-refractivity contribution in [1.82, 2.24) is 4.90 Å². The number of likely N-dealkylation sites (tertiary alicyclic amines) is 1. The number of halogens is 2. The molecular weight excluding hydrogens is 398 g/mol. The summed E-state index contributed by atoms with van der Waals surface area (Å²) >= 11 is 0. The van der Waals surface area contributed by atoms with E-state index in [4.69, 9.17) is 4.74 Å². The van der Waals surface area contributed by atoms with Gasteiger partial charge in [0, 0.05) is 17.7 Å². The summed E-state index contributed by atoms with van der Waals surface area (Å²) < 4.78 is 60.6. The van der Waals surface area contributed by atoms with Crippen molar-refractivity contribution in [3.8, 4) is 5.75 Å². The van der Waals surface area contributed by atoms with Gasteiger partial charge in [0.2, 0.25) is 0 Å². The first-order valence-corrected chi connectivity index (χ1v) is 11.3. The predicted octanol–water partition coefficient (Wildman–Crippen LogP) is 3.73. The molecule has 0 aromatic heterocycles. The molecule has 1 aliphatic carbocycles. The first-order chi connectivity index (χ1) is 13.9. The molecule has 1 aliphatic heterocycles. The Balaban J connectivity index is 1.67. The second-order valence-corrected chi connectivity index (χ2v) is 9.25. The fourth-order valence-electron chi connectivity index (χ4n) is 4.43. The van der Waals surface area contributed by atoms with Crippen LogP contribution in [0.5, 0.6) is 5.75 Å². The zero-order chi connectivity index (χ0) is 20.6. The Bertz CT molecular complexity index is 1020. The van der Waals surface area contributed by atoms with Gasteiger partial charge in [-0.3, -0.25) is 4.72 Å². The normalized spacial score (nSPS) is 19.8. The Labute approximate surface area is 169 Å². The molecule has 0 spiro atoms. The Kier molecular flexibility index (Phi) is 5.48. The molecule has 29 heavy (non-hydrogen) atoms. The Morgan fingerprint density at radius 1 is 1.07 bits per heavy atom.